The number of hydrogen-bond acceptors (Lipinski definition) is 3. The Bertz CT molecular complexity index is 695. The molecular formula is C17H15ClFN3O. The topological polar surface area (TPSA) is 65.8 Å². The second kappa shape index (κ2) is 8.25. The third-order valence-electron chi connectivity index (χ3n) is 3.29. The lowest BCUT2D eigenvalue weighted by atomic mass is 10.1. The number of benzene rings is 1. The van der Waals surface area contributed by atoms with Crippen molar-refractivity contribution in [1.82, 2.24) is 10.3 Å². The Balaban J connectivity index is 1.92. The van der Waals surface area contributed by atoms with Crippen LogP contribution in [0.4, 0.5) is 4.39 Å². The quantitative estimate of drug-likeness (QED) is 0.879. The molecule has 1 aromatic heterocycles. The third-order valence-corrected chi connectivity index (χ3v) is 3.62. The summed E-state index contributed by atoms with van der Waals surface area (Å²) in [5.74, 6) is -0.940. The molecule has 0 bridgehead atoms. The summed E-state index contributed by atoms with van der Waals surface area (Å²) >= 11 is 5.92. The van der Waals surface area contributed by atoms with Gasteiger partial charge in [-0.1, -0.05) is 23.7 Å². The van der Waals surface area contributed by atoms with E-state index in [0.717, 1.165) is 5.69 Å². The molecule has 0 radical (unpaired) electrons. The van der Waals surface area contributed by atoms with Gasteiger partial charge in [-0.2, -0.15) is 5.26 Å². The lowest BCUT2D eigenvalue weighted by molar-refractivity contribution is -0.121. The fraction of sp³-hybridized carbons (Fsp3) is 0.235. The summed E-state index contributed by atoms with van der Waals surface area (Å²) in [4.78, 5) is 16.1. The van der Waals surface area contributed by atoms with Crippen LogP contribution in [0.15, 0.2) is 42.6 Å². The average molecular weight is 332 g/mol. The van der Waals surface area contributed by atoms with Crippen LogP contribution in [0.25, 0.3) is 0 Å². The lowest BCUT2D eigenvalue weighted by Gasteiger charge is -2.14. The molecule has 1 aromatic carbocycles. The maximum Gasteiger partial charge on any atom is 0.221 e. The number of pyridine rings is 1. The van der Waals surface area contributed by atoms with Crippen LogP contribution in [0.3, 0.4) is 0 Å². The average Bonchev–Trinajstić information content (AvgIpc) is 2.54. The van der Waals surface area contributed by atoms with E-state index in [1.54, 1.807) is 6.20 Å². The number of amides is 1. The molecule has 2 rings (SSSR count). The first-order chi connectivity index (χ1) is 11.1. The Morgan fingerprint density at radius 1 is 1.35 bits per heavy atom. The summed E-state index contributed by atoms with van der Waals surface area (Å²) in [6.07, 6.45) is 3.17. The minimum Gasteiger partial charge on any atom is -0.337 e. The SMILES string of the molecule is N#CC(NC(=O)CCCc1ccccn1)c1c(F)cccc1Cl. The normalized spacial score (nSPS) is 11.5. The van der Waals surface area contributed by atoms with Gasteiger partial charge in [0.15, 0.2) is 0 Å². The van der Waals surface area contributed by atoms with Gasteiger partial charge in [0, 0.05) is 28.9 Å². The van der Waals surface area contributed by atoms with E-state index in [1.165, 1.54) is 18.2 Å². The smallest absolute Gasteiger partial charge is 0.221 e. The van der Waals surface area contributed by atoms with Crippen molar-refractivity contribution in [3.8, 4) is 6.07 Å². The summed E-state index contributed by atoms with van der Waals surface area (Å²) in [5.41, 5.74) is 0.893. The number of nitrogens with one attached hydrogen (secondary N) is 1. The summed E-state index contributed by atoms with van der Waals surface area (Å²) in [7, 11) is 0. The zero-order chi connectivity index (χ0) is 16.7. The van der Waals surface area contributed by atoms with Gasteiger partial charge < -0.3 is 5.32 Å². The summed E-state index contributed by atoms with van der Waals surface area (Å²) in [6, 6.07) is 10.5. The van der Waals surface area contributed by atoms with Gasteiger partial charge in [0.05, 0.1) is 6.07 Å². The minimum absolute atomic E-state index is 0.00487. The van der Waals surface area contributed by atoms with Gasteiger partial charge in [-0.25, -0.2) is 4.39 Å². The molecule has 1 atom stereocenters. The lowest BCUT2D eigenvalue weighted by Crippen LogP contribution is -2.28. The van der Waals surface area contributed by atoms with Crippen LogP contribution < -0.4 is 5.32 Å². The van der Waals surface area contributed by atoms with E-state index in [-0.39, 0.29) is 22.9 Å². The first kappa shape index (κ1) is 16.9. The van der Waals surface area contributed by atoms with E-state index in [2.05, 4.69) is 10.3 Å². The van der Waals surface area contributed by atoms with Crippen LogP contribution in [0.5, 0.6) is 0 Å². The molecule has 0 aliphatic rings. The molecule has 0 saturated carbocycles. The molecule has 0 saturated heterocycles. The highest BCUT2D eigenvalue weighted by atomic mass is 35.5. The van der Waals surface area contributed by atoms with E-state index >= 15 is 0 Å². The van der Waals surface area contributed by atoms with Crippen LogP contribution in [-0.4, -0.2) is 10.9 Å². The number of rotatable bonds is 6. The molecule has 2 aromatic rings. The third kappa shape index (κ3) is 4.76. The van der Waals surface area contributed by atoms with Crippen LogP contribution in [-0.2, 0) is 11.2 Å². The molecule has 118 valence electrons. The van der Waals surface area contributed by atoms with Crippen molar-refractivity contribution in [2.45, 2.75) is 25.3 Å². The first-order valence-electron chi connectivity index (χ1n) is 7.14. The number of hydrogen-bond donors (Lipinski definition) is 1. The zero-order valence-electron chi connectivity index (χ0n) is 12.3. The Kier molecular flexibility index (Phi) is 6.07. The van der Waals surface area contributed by atoms with E-state index in [0.29, 0.717) is 12.8 Å². The summed E-state index contributed by atoms with van der Waals surface area (Å²) in [6.45, 7) is 0. The van der Waals surface area contributed by atoms with Crippen molar-refractivity contribution in [3.05, 3.63) is 64.7 Å². The maximum absolute atomic E-state index is 13.8. The van der Waals surface area contributed by atoms with Crippen LogP contribution in [0.2, 0.25) is 5.02 Å². The standard InChI is InChI=1S/C17H15ClFN3O/c18-13-7-4-8-14(19)17(13)15(11-20)22-16(23)9-3-6-12-5-1-2-10-21-12/h1-2,4-5,7-8,10,15H,3,6,9H2,(H,22,23). The van der Waals surface area contributed by atoms with Gasteiger partial charge in [-0.05, 0) is 37.1 Å². The number of nitriles is 1. The Labute approximate surface area is 138 Å². The first-order valence-corrected chi connectivity index (χ1v) is 7.52. The zero-order valence-corrected chi connectivity index (χ0v) is 13.1. The Morgan fingerprint density at radius 3 is 2.83 bits per heavy atom. The second-order valence-electron chi connectivity index (χ2n) is 4.94. The molecule has 23 heavy (non-hydrogen) atoms. The van der Waals surface area contributed by atoms with E-state index in [1.807, 2.05) is 24.3 Å². The van der Waals surface area contributed by atoms with Crippen molar-refractivity contribution < 1.29 is 9.18 Å². The van der Waals surface area contributed by atoms with Crippen LogP contribution in [0.1, 0.15) is 30.1 Å². The molecule has 6 heteroatoms. The fourth-order valence-electron chi connectivity index (χ4n) is 2.16. The van der Waals surface area contributed by atoms with E-state index < -0.39 is 11.9 Å². The van der Waals surface area contributed by atoms with Crippen LogP contribution in [0, 0.1) is 17.1 Å². The van der Waals surface area contributed by atoms with E-state index in [4.69, 9.17) is 11.6 Å². The van der Waals surface area contributed by atoms with Crippen molar-refractivity contribution in [2.75, 3.05) is 0 Å². The van der Waals surface area contributed by atoms with Gasteiger partial charge in [0.1, 0.15) is 11.9 Å². The predicted octanol–water partition coefficient (Wildman–Crippen LogP) is 3.58. The molecule has 0 spiro atoms. The molecule has 0 fully saturated rings. The second-order valence-corrected chi connectivity index (χ2v) is 5.35. The van der Waals surface area contributed by atoms with Gasteiger partial charge >= 0.3 is 0 Å². The number of aryl methyl sites for hydroxylation is 1. The van der Waals surface area contributed by atoms with Crippen LogP contribution >= 0.6 is 11.6 Å². The Morgan fingerprint density at radius 2 is 2.17 bits per heavy atom. The number of carbonyl (C=O) groups is 1. The van der Waals surface area contributed by atoms with E-state index in [9.17, 15) is 14.4 Å². The van der Waals surface area contributed by atoms with Crippen molar-refractivity contribution >= 4 is 17.5 Å². The highest BCUT2D eigenvalue weighted by molar-refractivity contribution is 6.31. The van der Waals surface area contributed by atoms with Gasteiger partial charge in [-0.15, -0.1) is 0 Å². The molecule has 0 aliphatic carbocycles. The summed E-state index contributed by atoms with van der Waals surface area (Å²) in [5, 5.41) is 11.8. The fourth-order valence-corrected chi connectivity index (χ4v) is 2.44. The van der Waals surface area contributed by atoms with Crippen molar-refractivity contribution in [2.24, 2.45) is 0 Å². The molecule has 1 unspecified atom stereocenters. The number of nitrogens with zero attached hydrogens (tertiary/aromatic N) is 2. The van der Waals surface area contributed by atoms with Gasteiger partial charge in [0.2, 0.25) is 5.91 Å². The highest BCUT2D eigenvalue weighted by Gasteiger charge is 2.20. The molecule has 0 aliphatic heterocycles. The maximum atomic E-state index is 13.8. The molecule has 4 nitrogen and oxygen atoms in total. The number of carbonyl (C=O) groups excluding carboxylic acids is 1. The Hall–Kier alpha value is -2.45. The molecule has 1 heterocycles. The highest BCUT2D eigenvalue weighted by Crippen LogP contribution is 2.25. The largest absolute Gasteiger partial charge is 0.337 e. The number of aromatic nitrogens is 1. The molecule has 1 N–H and O–H groups in total. The van der Waals surface area contributed by atoms with Crippen molar-refractivity contribution in [1.29, 1.82) is 5.26 Å². The van der Waals surface area contributed by atoms with Gasteiger partial charge in [0.25, 0.3) is 0 Å². The van der Waals surface area contributed by atoms with Gasteiger partial charge in [-0.3, -0.25) is 9.78 Å². The van der Waals surface area contributed by atoms with Crippen molar-refractivity contribution in [3.63, 3.8) is 0 Å². The predicted molar refractivity (Wildman–Crippen MR) is 85.1 cm³/mol. The number of halogens is 2. The minimum atomic E-state index is -1.11. The summed E-state index contributed by atoms with van der Waals surface area (Å²) < 4.78 is 13.8. The molecule has 1 amide bonds. The monoisotopic (exact) mass is 331 g/mol. The molecular weight excluding hydrogens is 317 g/mol.